The summed E-state index contributed by atoms with van der Waals surface area (Å²) in [6, 6.07) is 9.20. The molecule has 2 unspecified atom stereocenters. The molecule has 1 aliphatic heterocycles. The second-order valence-electron chi connectivity index (χ2n) is 5.18. The van der Waals surface area contributed by atoms with Crippen molar-refractivity contribution < 1.29 is 4.74 Å². The standard InChI is InChI=1S/C16H26N2O/c1-4-18-11-10-14(12-17-3)16(18)13-6-8-15(9-7-13)19-5-2/h6-9,14,16-17H,4-5,10-12H2,1-3H3. The van der Waals surface area contributed by atoms with E-state index in [4.69, 9.17) is 4.74 Å². The van der Waals surface area contributed by atoms with Crippen molar-refractivity contribution in [1.82, 2.24) is 10.2 Å². The Morgan fingerprint density at radius 2 is 2.00 bits per heavy atom. The molecule has 0 bridgehead atoms. The lowest BCUT2D eigenvalue weighted by Crippen LogP contribution is -2.29. The number of nitrogens with zero attached hydrogens (tertiary/aromatic N) is 1. The lowest BCUT2D eigenvalue weighted by atomic mass is 9.93. The third-order valence-corrected chi connectivity index (χ3v) is 4.03. The molecule has 2 rings (SSSR count). The molecule has 1 heterocycles. The molecule has 3 heteroatoms. The van der Waals surface area contributed by atoms with Gasteiger partial charge in [-0.25, -0.2) is 0 Å². The van der Waals surface area contributed by atoms with Crippen molar-refractivity contribution in [3.63, 3.8) is 0 Å². The van der Waals surface area contributed by atoms with Crippen LogP contribution in [0.2, 0.25) is 0 Å². The summed E-state index contributed by atoms with van der Waals surface area (Å²) in [5.74, 6) is 1.68. The molecule has 0 saturated carbocycles. The zero-order valence-electron chi connectivity index (χ0n) is 12.4. The van der Waals surface area contributed by atoms with Crippen molar-refractivity contribution >= 4 is 0 Å². The zero-order valence-corrected chi connectivity index (χ0v) is 12.4. The van der Waals surface area contributed by atoms with Crippen LogP contribution < -0.4 is 10.1 Å². The van der Waals surface area contributed by atoms with Crippen molar-refractivity contribution in [3.05, 3.63) is 29.8 Å². The van der Waals surface area contributed by atoms with Gasteiger partial charge in [-0.3, -0.25) is 4.90 Å². The minimum atomic E-state index is 0.549. The molecule has 106 valence electrons. The first-order valence-electron chi connectivity index (χ1n) is 7.41. The summed E-state index contributed by atoms with van der Waals surface area (Å²) >= 11 is 0. The maximum Gasteiger partial charge on any atom is 0.119 e. The van der Waals surface area contributed by atoms with Crippen LogP contribution in [0.15, 0.2) is 24.3 Å². The Kier molecular flexibility index (Phi) is 5.23. The van der Waals surface area contributed by atoms with Gasteiger partial charge in [-0.2, -0.15) is 0 Å². The molecule has 1 fully saturated rings. The van der Waals surface area contributed by atoms with Gasteiger partial charge in [0.25, 0.3) is 0 Å². The lowest BCUT2D eigenvalue weighted by molar-refractivity contribution is 0.238. The molecule has 1 aromatic rings. The van der Waals surface area contributed by atoms with E-state index in [1.165, 1.54) is 18.5 Å². The topological polar surface area (TPSA) is 24.5 Å². The molecule has 1 aliphatic rings. The second-order valence-corrected chi connectivity index (χ2v) is 5.18. The molecule has 2 atom stereocenters. The van der Waals surface area contributed by atoms with E-state index in [1.54, 1.807) is 0 Å². The van der Waals surface area contributed by atoms with Gasteiger partial charge in [-0.1, -0.05) is 19.1 Å². The highest BCUT2D eigenvalue weighted by molar-refractivity contribution is 5.30. The molecule has 1 aromatic carbocycles. The van der Waals surface area contributed by atoms with Crippen molar-refractivity contribution in [2.75, 3.05) is 33.3 Å². The van der Waals surface area contributed by atoms with Gasteiger partial charge in [0.15, 0.2) is 0 Å². The molecule has 0 spiro atoms. The normalized spacial score (nSPS) is 23.7. The maximum atomic E-state index is 5.53. The van der Waals surface area contributed by atoms with E-state index < -0.39 is 0 Å². The third-order valence-electron chi connectivity index (χ3n) is 4.03. The Hall–Kier alpha value is -1.06. The van der Waals surface area contributed by atoms with E-state index in [0.29, 0.717) is 12.0 Å². The average Bonchev–Trinajstić information content (AvgIpc) is 2.83. The molecular weight excluding hydrogens is 236 g/mol. The Labute approximate surface area is 116 Å². The van der Waals surface area contributed by atoms with Gasteiger partial charge in [-0.15, -0.1) is 0 Å². The third kappa shape index (κ3) is 3.28. The summed E-state index contributed by atoms with van der Waals surface area (Å²) in [6.07, 6.45) is 1.28. The van der Waals surface area contributed by atoms with Crippen LogP contribution in [0.4, 0.5) is 0 Å². The van der Waals surface area contributed by atoms with Crippen LogP contribution in [-0.2, 0) is 0 Å². The van der Waals surface area contributed by atoms with Gasteiger partial charge in [-0.05, 0) is 63.6 Å². The monoisotopic (exact) mass is 262 g/mol. The first-order chi connectivity index (χ1) is 9.30. The van der Waals surface area contributed by atoms with Crippen LogP contribution >= 0.6 is 0 Å². The largest absolute Gasteiger partial charge is 0.494 e. The molecule has 1 N–H and O–H groups in total. The smallest absolute Gasteiger partial charge is 0.119 e. The van der Waals surface area contributed by atoms with Crippen molar-refractivity contribution in [3.8, 4) is 5.75 Å². The SMILES string of the molecule is CCOc1ccc(C2C(CNC)CCN2CC)cc1. The Balaban J connectivity index is 2.15. The molecule has 0 aliphatic carbocycles. The predicted molar refractivity (Wildman–Crippen MR) is 79.6 cm³/mol. The number of likely N-dealkylation sites (tertiary alicyclic amines) is 1. The van der Waals surface area contributed by atoms with E-state index in [2.05, 4.69) is 41.4 Å². The summed E-state index contributed by atoms with van der Waals surface area (Å²) in [5, 5.41) is 3.33. The van der Waals surface area contributed by atoms with E-state index in [9.17, 15) is 0 Å². The van der Waals surface area contributed by atoms with Crippen LogP contribution in [-0.4, -0.2) is 38.2 Å². The summed E-state index contributed by atoms with van der Waals surface area (Å²) in [7, 11) is 2.05. The Morgan fingerprint density at radius 3 is 2.58 bits per heavy atom. The highest BCUT2D eigenvalue weighted by Gasteiger charge is 2.33. The quantitative estimate of drug-likeness (QED) is 0.853. The van der Waals surface area contributed by atoms with E-state index in [1.807, 2.05) is 14.0 Å². The van der Waals surface area contributed by atoms with Gasteiger partial charge in [0.1, 0.15) is 5.75 Å². The van der Waals surface area contributed by atoms with Crippen LogP contribution in [0.5, 0.6) is 5.75 Å². The van der Waals surface area contributed by atoms with Crippen molar-refractivity contribution in [2.45, 2.75) is 26.3 Å². The number of benzene rings is 1. The minimum Gasteiger partial charge on any atom is -0.494 e. The van der Waals surface area contributed by atoms with Crippen LogP contribution in [0.25, 0.3) is 0 Å². The Morgan fingerprint density at radius 1 is 1.26 bits per heavy atom. The van der Waals surface area contributed by atoms with E-state index in [-0.39, 0.29) is 0 Å². The lowest BCUT2D eigenvalue weighted by Gasteiger charge is -2.27. The molecule has 0 radical (unpaired) electrons. The van der Waals surface area contributed by atoms with Gasteiger partial charge >= 0.3 is 0 Å². The molecular formula is C16H26N2O. The predicted octanol–water partition coefficient (Wildman–Crippen LogP) is 2.69. The minimum absolute atomic E-state index is 0.549. The molecule has 19 heavy (non-hydrogen) atoms. The zero-order chi connectivity index (χ0) is 13.7. The fourth-order valence-electron chi connectivity index (χ4n) is 3.17. The number of ether oxygens (including phenoxy) is 1. The average molecular weight is 262 g/mol. The first kappa shape index (κ1) is 14.4. The number of hydrogen-bond acceptors (Lipinski definition) is 3. The molecule has 1 saturated heterocycles. The molecule has 3 nitrogen and oxygen atoms in total. The number of rotatable bonds is 6. The fraction of sp³-hybridized carbons (Fsp3) is 0.625. The molecule has 0 aromatic heterocycles. The first-order valence-corrected chi connectivity index (χ1v) is 7.41. The maximum absolute atomic E-state index is 5.53. The van der Waals surface area contributed by atoms with Gasteiger partial charge < -0.3 is 10.1 Å². The summed E-state index contributed by atoms with van der Waals surface area (Å²) in [6.45, 7) is 8.43. The van der Waals surface area contributed by atoms with E-state index >= 15 is 0 Å². The summed E-state index contributed by atoms with van der Waals surface area (Å²) < 4.78 is 5.53. The van der Waals surface area contributed by atoms with Gasteiger partial charge in [0.2, 0.25) is 0 Å². The van der Waals surface area contributed by atoms with Gasteiger partial charge in [0, 0.05) is 6.04 Å². The van der Waals surface area contributed by atoms with E-state index in [0.717, 1.165) is 25.4 Å². The Bertz CT molecular complexity index is 377. The second kappa shape index (κ2) is 6.92. The van der Waals surface area contributed by atoms with Crippen LogP contribution in [0.3, 0.4) is 0 Å². The number of hydrogen-bond donors (Lipinski definition) is 1. The highest BCUT2D eigenvalue weighted by Crippen LogP contribution is 2.37. The van der Waals surface area contributed by atoms with Crippen LogP contribution in [0.1, 0.15) is 31.9 Å². The molecule has 0 amide bonds. The summed E-state index contributed by atoms with van der Waals surface area (Å²) in [4.78, 5) is 2.58. The van der Waals surface area contributed by atoms with Crippen LogP contribution in [0, 0.1) is 5.92 Å². The number of nitrogens with one attached hydrogen (secondary N) is 1. The summed E-state index contributed by atoms with van der Waals surface area (Å²) in [5.41, 5.74) is 1.42. The fourth-order valence-corrected chi connectivity index (χ4v) is 3.17. The van der Waals surface area contributed by atoms with Crippen molar-refractivity contribution in [2.24, 2.45) is 5.92 Å². The van der Waals surface area contributed by atoms with Gasteiger partial charge in [0.05, 0.1) is 6.61 Å². The highest BCUT2D eigenvalue weighted by atomic mass is 16.5. The van der Waals surface area contributed by atoms with Crippen molar-refractivity contribution in [1.29, 1.82) is 0 Å².